The maximum Gasteiger partial charge on any atom is 0.247 e. The molecule has 0 spiro atoms. The number of carbonyl (C=O) groups is 3. The predicted molar refractivity (Wildman–Crippen MR) is 110 cm³/mol. The van der Waals surface area contributed by atoms with Gasteiger partial charge in [-0.25, -0.2) is 0 Å². The van der Waals surface area contributed by atoms with Gasteiger partial charge < -0.3 is 21.1 Å². The van der Waals surface area contributed by atoms with Crippen molar-refractivity contribution in [3.05, 3.63) is 65.2 Å². The molecule has 0 unspecified atom stereocenters. The van der Waals surface area contributed by atoms with Crippen molar-refractivity contribution >= 4 is 17.7 Å². The van der Waals surface area contributed by atoms with E-state index in [9.17, 15) is 14.4 Å². The highest BCUT2D eigenvalue weighted by molar-refractivity contribution is 5.91. The minimum absolute atomic E-state index is 0.136. The predicted octanol–water partition coefficient (Wildman–Crippen LogP) is 1.79. The molecule has 2 aromatic rings. The molecule has 0 saturated heterocycles. The van der Waals surface area contributed by atoms with Crippen LogP contribution in [0.25, 0.3) is 0 Å². The first-order chi connectivity index (χ1) is 13.9. The zero-order chi connectivity index (χ0) is 21.2. The Morgan fingerprint density at radius 3 is 2.28 bits per heavy atom. The van der Waals surface area contributed by atoms with Gasteiger partial charge in [-0.1, -0.05) is 48.9 Å². The Bertz CT molecular complexity index is 832. The van der Waals surface area contributed by atoms with Crippen LogP contribution in [0, 0.1) is 6.92 Å². The second-order valence-corrected chi connectivity index (χ2v) is 6.76. The van der Waals surface area contributed by atoms with E-state index in [-0.39, 0.29) is 18.9 Å². The van der Waals surface area contributed by atoms with Crippen molar-refractivity contribution in [2.45, 2.75) is 32.7 Å². The van der Waals surface area contributed by atoms with Crippen LogP contribution in [0.4, 0.5) is 0 Å². The first kappa shape index (κ1) is 21.9. The van der Waals surface area contributed by atoms with E-state index in [2.05, 4.69) is 10.6 Å². The number of ether oxygens (including phenoxy) is 1. The third kappa shape index (κ3) is 7.29. The van der Waals surface area contributed by atoms with E-state index in [1.165, 1.54) is 0 Å². The number of primary amides is 1. The van der Waals surface area contributed by atoms with Gasteiger partial charge in [-0.3, -0.25) is 14.4 Å². The molecule has 0 aliphatic rings. The molecular formula is C22H27N3O4. The third-order valence-corrected chi connectivity index (χ3v) is 4.18. The normalized spacial score (nSPS) is 11.4. The van der Waals surface area contributed by atoms with Crippen LogP contribution < -0.4 is 21.1 Å². The molecule has 29 heavy (non-hydrogen) atoms. The summed E-state index contributed by atoms with van der Waals surface area (Å²) in [5, 5.41) is 5.19. The molecule has 2 rings (SSSR count). The molecule has 154 valence electrons. The van der Waals surface area contributed by atoms with Crippen molar-refractivity contribution in [3.63, 3.8) is 0 Å². The minimum Gasteiger partial charge on any atom is -0.494 e. The smallest absolute Gasteiger partial charge is 0.247 e. The molecule has 0 aromatic heterocycles. The van der Waals surface area contributed by atoms with E-state index in [1.54, 1.807) is 24.3 Å². The number of nitrogens with one attached hydrogen (secondary N) is 2. The van der Waals surface area contributed by atoms with Crippen LogP contribution in [0.5, 0.6) is 5.75 Å². The lowest BCUT2D eigenvalue weighted by Gasteiger charge is -2.19. The molecule has 0 aliphatic carbocycles. The number of hydrogen-bond donors (Lipinski definition) is 3. The van der Waals surface area contributed by atoms with Crippen LogP contribution in [-0.4, -0.2) is 30.9 Å². The van der Waals surface area contributed by atoms with Gasteiger partial charge in [0.2, 0.25) is 17.7 Å². The molecular weight excluding hydrogens is 370 g/mol. The molecule has 0 bridgehead atoms. The molecule has 7 heteroatoms. The average molecular weight is 397 g/mol. The maximum atomic E-state index is 12.6. The van der Waals surface area contributed by atoms with Crippen molar-refractivity contribution in [3.8, 4) is 5.75 Å². The standard InChI is InChI=1S/C22H27N3O4/c1-3-12-29-18-10-8-17(9-11-18)21(22(28)24-14-19(23)26)25-20(27)13-16-6-4-15(2)5-7-16/h4-11,21H,3,12-14H2,1-2H3,(H2,23,26)(H,24,28)(H,25,27)/t21-/m0/s1. The molecule has 0 aliphatic heterocycles. The van der Waals surface area contributed by atoms with Gasteiger partial charge in [0, 0.05) is 0 Å². The molecule has 7 nitrogen and oxygen atoms in total. The topological polar surface area (TPSA) is 111 Å². The molecule has 0 heterocycles. The summed E-state index contributed by atoms with van der Waals surface area (Å²) >= 11 is 0. The Kier molecular flexibility index (Phi) is 8.21. The number of benzene rings is 2. The fraction of sp³-hybridized carbons (Fsp3) is 0.318. The number of nitrogens with two attached hydrogens (primary N) is 1. The lowest BCUT2D eigenvalue weighted by atomic mass is 10.0. The summed E-state index contributed by atoms with van der Waals surface area (Å²) in [5.74, 6) is -0.799. The van der Waals surface area contributed by atoms with Gasteiger partial charge >= 0.3 is 0 Å². The summed E-state index contributed by atoms with van der Waals surface area (Å²) in [6.07, 6.45) is 1.02. The van der Waals surface area contributed by atoms with E-state index in [1.807, 2.05) is 38.1 Å². The monoisotopic (exact) mass is 397 g/mol. The van der Waals surface area contributed by atoms with E-state index in [0.29, 0.717) is 17.9 Å². The Morgan fingerprint density at radius 1 is 1.03 bits per heavy atom. The minimum atomic E-state index is -0.951. The van der Waals surface area contributed by atoms with E-state index in [0.717, 1.165) is 17.5 Å². The maximum absolute atomic E-state index is 12.6. The van der Waals surface area contributed by atoms with Gasteiger partial charge in [0.25, 0.3) is 0 Å². The van der Waals surface area contributed by atoms with Crippen LogP contribution in [0.1, 0.15) is 36.1 Å². The Hall–Kier alpha value is -3.35. The number of rotatable bonds is 10. The van der Waals surface area contributed by atoms with Crippen LogP contribution in [0.15, 0.2) is 48.5 Å². The summed E-state index contributed by atoms with van der Waals surface area (Å²) in [4.78, 5) is 36.1. The van der Waals surface area contributed by atoms with Crippen molar-refractivity contribution < 1.29 is 19.1 Å². The van der Waals surface area contributed by atoms with Crippen molar-refractivity contribution in [2.24, 2.45) is 5.73 Å². The molecule has 0 saturated carbocycles. The van der Waals surface area contributed by atoms with Gasteiger partial charge in [-0.2, -0.15) is 0 Å². The summed E-state index contributed by atoms with van der Waals surface area (Å²) in [5.41, 5.74) is 7.62. The molecule has 2 aromatic carbocycles. The van der Waals surface area contributed by atoms with Gasteiger partial charge in [-0.05, 0) is 36.6 Å². The molecule has 4 N–H and O–H groups in total. The fourth-order valence-electron chi connectivity index (χ4n) is 2.66. The first-order valence-corrected chi connectivity index (χ1v) is 9.52. The van der Waals surface area contributed by atoms with Gasteiger partial charge in [0.1, 0.15) is 11.8 Å². The number of amides is 3. The SMILES string of the molecule is CCCOc1ccc([C@H](NC(=O)Cc2ccc(C)cc2)C(=O)NCC(N)=O)cc1. The van der Waals surface area contributed by atoms with E-state index in [4.69, 9.17) is 10.5 Å². The van der Waals surface area contributed by atoms with Crippen molar-refractivity contribution in [1.29, 1.82) is 0 Å². The Labute approximate surface area is 170 Å². The highest BCUT2D eigenvalue weighted by Gasteiger charge is 2.23. The fourth-order valence-corrected chi connectivity index (χ4v) is 2.66. The lowest BCUT2D eigenvalue weighted by Crippen LogP contribution is -2.43. The Morgan fingerprint density at radius 2 is 1.69 bits per heavy atom. The molecule has 0 radical (unpaired) electrons. The van der Waals surface area contributed by atoms with Crippen LogP contribution in [0.2, 0.25) is 0 Å². The van der Waals surface area contributed by atoms with Crippen LogP contribution in [0.3, 0.4) is 0 Å². The highest BCUT2D eigenvalue weighted by Crippen LogP contribution is 2.19. The summed E-state index contributed by atoms with van der Waals surface area (Å²) in [6.45, 7) is 4.27. The van der Waals surface area contributed by atoms with Crippen molar-refractivity contribution in [2.75, 3.05) is 13.2 Å². The number of hydrogen-bond acceptors (Lipinski definition) is 4. The van der Waals surface area contributed by atoms with Crippen molar-refractivity contribution in [1.82, 2.24) is 10.6 Å². The second kappa shape index (κ2) is 10.8. The third-order valence-electron chi connectivity index (χ3n) is 4.18. The highest BCUT2D eigenvalue weighted by atomic mass is 16.5. The van der Waals surface area contributed by atoms with Crippen LogP contribution >= 0.6 is 0 Å². The Balaban J connectivity index is 2.13. The number of carbonyl (C=O) groups excluding carboxylic acids is 3. The zero-order valence-corrected chi connectivity index (χ0v) is 16.7. The second-order valence-electron chi connectivity index (χ2n) is 6.76. The zero-order valence-electron chi connectivity index (χ0n) is 16.7. The summed E-state index contributed by atoms with van der Waals surface area (Å²) in [6, 6.07) is 13.6. The van der Waals surface area contributed by atoms with E-state index < -0.39 is 17.9 Å². The molecule has 1 atom stereocenters. The summed E-state index contributed by atoms with van der Waals surface area (Å²) in [7, 11) is 0. The van der Waals surface area contributed by atoms with Gasteiger partial charge in [0.05, 0.1) is 19.6 Å². The lowest BCUT2D eigenvalue weighted by molar-refractivity contribution is -0.129. The molecule has 3 amide bonds. The van der Waals surface area contributed by atoms with Crippen LogP contribution in [-0.2, 0) is 20.8 Å². The quantitative estimate of drug-likeness (QED) is 0.567. The van der Waals surface area contributed by atoms with Gasteiger partial charge in [0.15, 0.2) is 0 Å². The van der Waals surface area contributed by atoms with Gasteiger partial charge in [-0.15, -0.1) is 0 Å². The summed E-state index contributed by atoms with van der Waals surface area (Å²) < 4.78 is 5.55. The molecule has 0 fully saturated rings. The first-order valence-electron chi connectivity index (χ1n) is 9.52. The van der Waals surface area contributed by atoms with E-state index >= 15 is 0 Å². The largest absolute Gasteiger partial charge is 0.494 e. The average Bonchev–Trinajstić information content (AvgIpc) is 2.71. The number of aryl methyl sites for hydroxylation is 1.